The largest absolute Gasteiger partial charge is 0.455 e. The normalized spacial score (nSPS) is 16.8. The second-order valence-corrected chi connectivity index (χ2v) is 6.99. The van der Waals surface area contributed by atoms with Crippen molar-refractivity contribution < 1.29 is 24.0 Å². The van der Waals surface area contributed by atoms with Gasteiger partial charge in [0.15, 0.2) is 6.61 Å². The molecular formula is C21H21N3O6. The van der Waals surface area contributed by atoms with E-state index in [4.69, 9.17) is 4.74 Å². The minimum Gasteiger partial charge on any atom is -0.455 e. The topological polar surface area (TPSA) is 119 Å². The van der Waals surface area contributed by atoms with Crippen molar-refractivity contribution in [2.75, 3.05) is 18.1 Å². The summed E-state index contributed by atoms with van der Waals surface area (Å²) >= 11 is 0. The van der Waals surface area contributed by atoms with Crippen LogP contribution in [0, 0.1) is 16.0 Å². The van der Waals surface area contributed by atoms with Crippen LogP contribution in [0.1, 0.15) is 24.9 Å². The maximum atomic E-state index is 12.3. The fraction of sp³-hybridized carbons (Fsp3) is 0.286. The second-order valence-electron chi connectivity index (χ2n) is 6.99. The monoisotopic (exact) mass is 411 g/mol. The van der Waals surface area contributed by atoms with E-state index in [1.165, 1.54) is 29.2 Å². The molecule has 156 valence electrons. The molecule has 1 aliphatic rings. The summed E-state index contributed by atoms with van der Waals surface area (Å²) in [6.07, 6.45) is -0.0438. The standard InChI is InChI=1S/C21H21N3O6/c1-14(15-5-3-2-4-6-15)22-19(25)13-30-21(27)16-11-20(26)23(12-16)17-7-9-18(10-8-17)24(28)29/h2-10,14,16H,11-13H2,1H3,(H,22,25)/t14-,16+/m1/s1. The number of nitrogens with one attached hydrogen (secondary N) is 1. The van der Waals surface area contributed by atoms with E-state index in [0.29, 0.717) is 5.69 Å². The van der Waals surface area contributed by atoms with Crippen molar-refractivity contribution >= 4 is 29.2 Å². The summed E-state index contributed by atoms with van der Waals surface area (Å²) in [5, 5.41) is 13.5. The molecule has 0 aromatic heterocycles. The lowest BCUT2D eigenvalue weighted by Crippen LogP contribution is -2.32. The van der Waals surface area contributed by atoms with Crippen molar-refractivity contribution in [2.24, 2.45) is 5.92 Å². The first-order chi connectivity index (χ1) is 14.3. The number of non-ortho nitro benzene ring substituents is 1. The summed E-state index contributed by atoms with van der Waals surface area (Å²) in [7, 11) is 0. The molecule has 9 nitrogen and oxygen atoms in total. The van der Waals surface area contributed by atoms with Crippen molar-refractivity contribution in [3.05, 3.63) is 70.3 Å². The van der Waals surface area contributed by atoms with E-state index in [9.17, 15) is 24.5 Å². The molecule has 9 heteroatoms. The second kappa shape index (κ2) is 9.17. The zero-order chi connectivity index (χ0) is 21.7. The average Bonchev–Trinajstić information content (AvgIpc) is 3.14. The molecule has 0 radical (unpaired) electrons. The number of anilines is 1. The molecule has 0 saturated carbocycles. The number of amides is 2. The van der Waals surface area contributed by atoms with Crippen molar-refractivity contribution in [3.8, 4) is 0 Å². The number of ether oxygens (including phenoxy) is 1. The number of carbonyl (C=O) groups is 3. The third-order valence-electron chi connectivity index (χ3n) is 4.85. The van der Waals surface area contributed by atoms with Gasteiger partial charge < -0.3 is 15.0 Å². The van der Waals surface area contributed by atoms with Crippen molar-refractivity contribution in [3.63, 3.8) is 0 Å². The molecule has 1 heterocycles. The fourth-order valence-corrected chi connectivity index (χ4v) is 3.23. The Bertz CT molecular complexity index is 945. The molecule has 2 amide bonds. The number of benzene rings is 2. The van der Waals surface area contributed by atoms with E-state index in [2.05, 4.69) is 5.32 Å². The smallest absolute Gasteiger partial charge is 0.311 e. The van der Waals surface area contributed by atoms with Gasteiger partial charge in [-0.15, -0.1) is 0 Å². The maximum Gasteiger partial charge on any atom is 0.311 e. The van der Waals surface area contributed by atoms with Crippen LogP contribution in [-0.2, 0) is 19.1 Å². The Kier molecular flexibility index (Phi) is 6.41. The minimum absolute atomic E-state index is 0.0438. The predicted octanol–water partition coefficient (Wildman–Crippen LogP) is 2.37. The highest BCUT2D eigenvalue weighted by molar-refractivity contribution is 5.99. The minimum atomic E-state index is -0.702. The first-order valence-corrected chi connectivity index (χ1v) is 9.41. The van der Waals surface area contributed by atoms with Gasteiger partial charge in [-0.25, -0.2) is 0 Å². The van der Waals surface area contributed by atoms with Gasteiger partial charge >= 0.3 is 5.97 Å². The molecule has 2 atom stereocenters. The van der Waals surface area contributed by atoms with Crippen LogP contribution >= 0.6 is 0 Å². The molecule has 3 rings (SSSR count). The van der Waals surface area contributed by atoms with E-state index in [-0.39, 0.29) is 30.6 Å². The first-order valence-electron chi connectivity index (χ1n) is 9.41. The lowest BCUT2D eigenvalue weighted by molar-refractivity contribution is -0.384. The van der Waals surface area contributed by atoms with E-state index in [1.54, 1.807) is 0 Å². The van der Waals surface area contributed by atoms with Crippen LogP contribution in [0.4, 0.5) is 11.4 Å². The molecule has 1 aliphatic heterocycles. The highest BCUT2D eigenvalue weighted by Gasteiger charge is 2.36. The van der Waals surface area contributed by atoms with Gasteiger partial charge in [-0.2, -0.15) is 0 Å². The summed E-state index contributed by atoms with van der Waals surface area (Å²) in [5.41, 5.74) is 1.31. The molecule has 0 bridgehead atoms. The molecule has 0 unspecified atom stereocenters. The predicted molar refractivity (Wildman–Crippen MR) is 108 cm³/mol. The molecular weight excluding hydrogens is 390 g/mol. The number of rotatable bonds is 7. The van der Waals surface area contributed by atoms with Crippen LogP contribution in [0.5, 0.6) is 0 Å². The molecule has 1 fully saturated rings. The molecule has 0 spiro atoms. The summed E-state index contributed by atoms with van der Waals surface area (Å²) < 4.78 is 5.09. The van der Waals surface area contributed by atoms with Gasteiger partial charge in [-0.3, -0.25) is 24.5 Å². The van der Waals surface area contributed by atoms with Gasteiger partial charge in [-0.05, 0) is 24.6 Å². The summed E-state index contributed by atoms with van der Waals surface area (Å²) in [6, 6.07) is 14.7. The van der Waals surface area contributed by atoms with Gasteiger partial charge in [0.1, 0.15) is 0 Å². The number of nitrogens with zero attached hydrogens (tertiary/aromatic N) is 2. The first kappa shape index (κ1) is 21.0. The number of hydrogen-bond donors (Lipinski definition) is 1. The van der Waals surface area contributed by atoms with Gasteiger partial charge in [0, 0.05) is 30.8 Å². The Morgan fingerprint density at radius 3 is 2.50 bits per heavy atom. The fourth-order valence-electron chi connectivity index (χ4n) is 3.23. The number of hydrogen-bond acceptors (Lipinski definition) is 6. The lowest BCUT2D eigenvalue weighted by atomic mass is 10.1. The van der Waals surface area contributed by atoms with Crippen molar-refractivity contribution in [2.45, 2.75) is 19.4 Å². The third-order valence-corrected chi connectivity index (χ3v) is 4.85. The lowest BCUT2D eigenvalue weighted by Gasteiger charge is -2.17. The van der Waals surface area contributed by atoms with Crippen LogP contribution in [-0.4, -0.2) is 35.9 Å². The van der Waals surface area contributed by atoms with Gasteiger partial charge in [0.2, 0.25) is 5.91 Å². The van der Waals surface area contributed by atoms with E-state index in [1.807, 2.05) is 37.3 Å². The number of nitro benzene ring substituents is 1. The SMILES string of the molecule is C[C@@H](NC(=O)COC(=O)[C@H]1CC(=O)N(c2ccc([N+](=O)[O-])cc2)C1)c1ccccc1. The molecule has 30 heavy (non-hydrogen) atoms. The van der Waals surface area contributed by atoms with Gasteiger partial charge in [0.05, 0.1) is 16.9 Å². The zero-order valence-electron chi connectivity index (χ0n) is 16.3. The summed E-state index contributed by atoms with van der Waals surface area (Å²) in [5.74, 6) is -2.05. The Hall–Kier alpha value is -3.75. The van der Waals surface area contributed by atoms with Gasteiger partial charge in [-0.1, -0.05) is 30.3 Å². The maximum absolute atomic E-state index is 12.3. The Balaban J connectivity index is 1.50. The highest BCUT2D eigenvalue weighted by atomic mass is 16.6. The molecule has 1 saturated heterocycles. The Labute approximate surface area is 172 Å². The number of nitro groups is 1. The van der Waals surface area contributed by atoms with Crippen molar-refractivity contribution in [1.82, 2.24) is 5.32 Å². The summed E-state index contributed by atoms with van der Waals surface area (Å²) in [6.45, 7) is 1.49. The number of carbonyl (C=O) groups excluding carboxylic acids is 3. The zero-order valence-corrected chi connectivity index (χ0v) is 16.3. The van der Waals surface area contributed by atoms with Gasteiger partial charge in [0.25, 0.3) is 11.6 Å². The van der Waals surface area contributed by atoms with Crippen LogP contribution in [0.25, 0.3) is 0 Å². The molecule has 2 aromatic rings. The third kappa shape index (κ3) is 4.99. The highest BCUT2D eigenvalue weighted by Crippen LogP contribution is 2.27. The van der Waals surface area contributed by atoms with Crippen molar-refractivity contribution in [1.29, 1.82) is 0 Å². The van der Waals surface area contributed by atoms with Crippen LogP contribution in [0.2, 0.25) is 0 Å². The molecule has 1 N–H and O–H groups in total. The number of esters is 1. The van der Waals surface area contributed by atoms with Crippen LogP contribution in [0.15, 0.2) is 54.6 Å². The Morgan fingerprint density at radius 2 is 1.87 bits per heavy atom. The molecule has 2 aromatic carbocycles. The van der Waals surface area contributed by atoms with E-state index in [0.717, 1.165) is 5.56 Å². The van der Waals surface area contributed by atoms with Crippen LogP contribution in [0.3, 0.4) is 0 Å². The summed E-state index contributed by atoms with van der Waals surface area (Å²) in [4.78, 5) is 48.2. The van der Waals surface area contributed by atoms with E-state index >= 15 is 0 Å². The Morgan fingerprint density at radius 1 is 1.20 bits per heavy atom. The molecule has 0 aliphatic carbocycles. The van der Waals surface area contributed by atoms with Crippen LogP contribution < -0.4 is 10.2 Å². The quantitative estimate of drug-likeness (QED) is 0.424. The van der Waals surface area contributed by atoms with E-state index < -0.39 is 29.3 Å². The average molecular weight is 411 g/mol.